The number of carbonyl (C=O) groups excluding carboxylic acids is 1. The summed E-state index contributed by atoms with van der Waals surface area (Å²) >= 11 is 0. The molecule has 1 saturated carbocycles. The molecule has 3 rings (SSSR count). The van der Waals surface area contributed by atoms with Crippen LogP contribution in [0.15, 0.2) is 59.8 Å². The van der Waals surface area contributed by atoms with Gasteiger partial charge < -0.3 is 4.84 Å². The van der Waals surface area contributed by atoms with Gasteiger partial charge in [-0.2, -0.15) is 0 Å². The van der Waals surface area contributed by atoms with Crippen LogP contribution >= 0.6 is 0 Å². The molecule has 0 aromatic heterocycles. The van der Waals surface area contributed by atoms with Crippen LogP contribution in [-0.4, -0.2) is 17.1 Å². The third-order valence-corrected chi connectivity index (χ3v) is 3.75. The molecule has 116 valence electrons. The lowest BCUT2D eigenvalue weighted by Crippen LogP contribution is -2.04. The lowest BCUT2D eigenvalue weighted by Gasteiger charge is -1.98. The van der Waals surface area contributed by atoms with Crippen LogP contribution in [0.5, 0.6) is 0 Å². The maximum atomic E-state index is 11.9. The molecule has 0 aliphatic heterocycles. The number of benzene rings is 2. The van der Waals surface area contributed by atoms with Crippen molar-refractivity contribution in [3.63, 3.8) is 0 Å². The highest BCUT2D eigenvalue weighted by molar-refractivity contribution is 5.82. The fraction of sp³-hybridized carbons (Fsp3) is 0.176. The number of carbonyl (C=O) groups is 1. The average molecular weight is 310 g/mol. The van der Waals surface area contributed by atoms with E-state index >= 15 is 0 Å². The van der Waals surface area contributed by atoms with E-state index in [1.54, 1.807) is 12.1 Å². The highest BCUT2D eigenvalue weighted by Gasteiger charge is 2.45. The molecule has 0 bridgehead atoms. The van der Waals surface area contributed by atoms with Gasteiger partial charge in [-0.3, -0.25) is 10.1 Å². The van der Waals surface area contributed by atoms with E-state index in [1.807, 2.05) is 30.3 Å². The normalized spacial score (nSPS) is 19.5. The van der Waals surface area contributed by atoms with E-state index in [0.29, 0.717) is 5.56 Å². The Morgan fingerprint density at radius 1 is 1.22 bits per heavy atom. The summed E-state index contributed by atoms with van der Waals surface area (Å²) in [6, 6.07) is 15.7. The number of rotatable bonds is 5. The van der Waals surface area contributed by atoms with Crippen molar-refractivity contribution in [1.82, 2.24) is 0 Å². The summed E-state index contributed by atoms with van der Waals surface area (Å²) in [7, 11) is 0. The molecule has 0 heterocycles. The van der Waals surface area contributed by atoms with E-state index in [1.165, 1.54) is 18.3 Å². The molecular formula is C17H14N2O4. The van der Waals surface area contributed by atoms with Gasteiger partial charge in [-0.15, -0.1) is 0 Å². The lowest BCUT2D eigenvalue weighted by molar-refractivity contribution is -0.384. The molecule has 0 saturated heterocycles. The second kappa shape index (κ2) is 6.39. The van der Waals surface area contributed by atoms with Crippen LogP contribution in [0.4, 0.5) is 5.69 Å². The van der Waals surface area contributed by atoms with Gasteiger partial charge in [0, 0.05) is 17.7 Å². The van der Waals surface area contributed by atoms with Gasteiger partial charge in [0.1, 0.15) is 0 Å². The Bertz CT molecular complexity index is 758. The molecule has 23 heavy (non-hydrogen) atoms. The molecule has 0 spiro atoms. The number of non-ortho nitro benzene ring substituents is 1. The van der Waals surface area contributed by atoms with Gasteiger partial charge in [-0.05, 0) is 17.9 Å². The van der Waals surface area contributed by atoms with Crippen LogP contribution in [0.25, 0.3) is 0 Å². The number of oxime groups is 1. The Morgan fingerprint density at radius 3 is 2.74 bits per heavy atom. The molecule has 1 aliphatic rings. The highest BCUT2D eigenvalue weighted by atomic mass is 16.7. The largest absolute Gasteiger partial charge is 0.338 e. The van der Waals surface area contributed by atoms with Crippen LogP contribution in [0.3, 0.4) is 0 Å². The van der Waals surface area contributed by atoms with E-state index in [0.717, 1.165) is 12.0 Å². The molecule has 2 aromatic rings. The SMILES string of the molecule is O=C(ON=Cc1cccc([N+](=O)[O-])c1)C1CC1c1ccccc1. The van der Waals surface area contributed by atoms with Crippen LogP contribution in [0.2, 0.25) is 0 Å². The maximum absolute atomic E-state index is 11.9. The average Bonchev–Trinajstić information content (AvgIpc) is 3.36. The Morgan fingerprint density at radius 2 is 2.00 bits per heavy atom. The van der Waals surface area contributed by atoms with Crippen molar-refractivity contribution in [2.75, 3.05) is 0 Å². The standard InChI is InChI=1S/C17H14N2O4/c20-17(16-10-15(16)13-6-2-1-3-7-13)23-18-11-12-5-4-8-14(9-12)19(21)22/h1-9,11,15-16H,10H2. The van der Waals surface area contributed by atoms with E-state index in [-0.39, 0.29) is 23.5 Å². The van der Waals surface area contributed by atoms with Crippen molar-refractivity contribution >= 4 is 17.9 Å². The molecule has 0 radical (unpaired) electrons. The summed E-state index contributed by atoms with van der Waals surface area (Å²) in [5.74, 6) is -0.350. The molecule has 1 fully saturated rings. The molecule has 0 N–H and O–H groups in total. The second-order valence-corrected chi connectivity index (χ2v) is 5.36. The molecule has 6 nitrogen and oxygen atoms in total. The zero-order valence-electron chi connectivity index (χ0n) is 12.2. The third-order valence-electron chi connectivity index (χ3n) is 3.75. The van der Waals surface area contributed by atoms with Crippen molar-refractivity contribution < 1.29 is 14.6 Å². The zero-order chi connectivity index (χ0) is 16.2. The minimum atomic E-state index is -0.488. The monoisotopic (exact) mass is 310 g/mol. The Labute approximate surface area is 132 Å². The van der Waals surface area contributed by atoms with Crippen LogP contribution in [0, 0.1) is 16.0 Å². The molecule has 0 amide bonds. The van der Waals surface area contributed by atoms with Crippen LogP contribution in [-0.2, 0) is 9.63 Å². The summed E-state index contributed by atoms with van der Waals surface area (Å²) in [5, 5.41) is 14.3. The van der Waals surface area contributed by atoms with Crippen molar-refractivity contribution in [3.05, 3.63) is 75.8 Å². The van der Waals surface area contributed by atoms with Gasteiger partial charge in [0.05, 0.1) is 17.1 Å². The van der Waals surface area contributed by atoms with Crippen molar-refractivity contribution in [1.29, 1.82) is 0 Å². The quantitative estimate of drug-likeness (QED) is 0.367. The molecule has 6 heteroatoms. The van der Waals surface area contributed by atoms with Crippen molar-refractivity contribution in [3.8, 4) is 0 Å². The van der Waals surface area contributed by atoms with Crippen LogP contribution < -0.4 is 0 Å². The Hall–Kier alpha value is -3.02. The number of nitro groups is 1. The van der Waals surface area contributed by atoms with Crippen LogP contribution in [0.1, 0.15) is 23.5 Å². The molecule has 2 unspecified atom stereocenters. The summed E-state index contributed by atoms with van der Waals surface area (Å²) in [6.07, 6.45) is 2.06. The predicted octanol–water partition coefficient (Wildman–Crippen LogP) is 3.28. The number of hydrogen-bond donors (Lipinski definition) is 0. The first kappa shape index (κ1) is 14.9. The fourth-order valence-corrected chi connectivity index (χ4v) is 2.45. The number of nitro benzene ring substituents is 1. The highest BCUT2D eigenvalue weighted by Crippen LogP contribution is 2.48. The van der Waals surface area contributed by atoms with Gasteiger partial charge in [0.2, 0.25) is 0 Å². The second-order valence-electron chi connectivity index (χ2n) is 5.36. The zero-order valence-corrected chi connectivity index (χ0v) is 12.2. The topological polar surface area (TPSA) is 81.8 Å². The summed E-state index contributed by atoms with van der Waals surface area (Å²) in [5.41, 5.74) is 1.59. The smallest absolute Gasteiger partial charge is 0.318 e. The third kappa shape index (κ3) is 3.60. The number of hydrogen-bond acceptors (Lipinski definition) is 5. The first-order valence-electron chi connectivity index (χ1n) is 7.19. The van der Waals surface area contributed by atoms with E-state index in [9.17, 15) is 14.9 Å². The maximum Gasteiger partial charge on any atom is 0.338 e. The van der Waals surface area contributed by atoms with E-state index in [4.69, 9.17) is 4.84 Å². The summed E-state index contributed by atoms with van der Waals surface area (Å²) in [6.45, 7) is 0. The molecule has 2 aromatic carbocycles. The minimum Gasteiger partial charge on any atom is -0.318 e. The van der Waals surface area contributed by atoms with Gasteiger partial charge in [-0.1, -0.05) is 47.6 Å². The first-order chi connectivity index (χ1) is 11.1. The minimum absolute atomic E-state index is 0.0355. The Balaban J connectivity index is 1.56. The van der Waals surface area contributed by atoms with Crippen molar-refractivity contribution in [2.24, 2.45) is 11.1 Å². The molecule has 1 aliphatic carbocycles. The molecular weight excluding hydrogens is 296 g/mol. The van der Waals surface area contributed by atoms with E-state index in [2.05, 4.69) is 5.16 Å². The van der Waals surface area contributed by atoms with E-state index < -0.39 is 4.92 Å². The Kier molecular flexibility index (Phi) is 4.14. The lowest BCUT2D eigenvalue weighted by atomic mass is 10.1. The fourth-order valence-electron chi connectivity index (χ4n) is 2.45. The molecule has 2 atom stereocenters. The summed E-state index contributed by atoms with van der Waals surface area (Å²) < 4.78 is 0. The van der Waals surface area contributed by atoms with Gasteiger partial charge >= 0.3 is 5.97 Å². The van der Waals surface area contributed by atoms with Gasteiger partial charge in [-0.25, -0.2) is 4.79 Å². The van der Waals surface area contributed by atoms with Gasteiger partial charge in [0.15, 0.2) is 0 Å². The predicted molar refractivity (Wildman–Crippen MR) is 84.1 cm³/mol. The van der Waals surface area contributed by atoms with Gasteiger partial charge in [0.25, 0.3) is 5.69 Å². The van der Waals surface area contributed by atoms with Crippen molar-refractivity contribution in [2.45, 2.75) is 12.3 Å². The first-order valence-corrected chi connectivity index (χ1v) is 7.19. The summed E-state index contributed by atoms with van der Waals surface area (Å²) in [4.78, 5) is 27.0. The number of nitrogens with zero attached hydrogens (tertiary/aromatic N) is 2.